The van der Waals surface area contributed by atoms with Gasteiger partial charge in [-0.2, -0.15) is 0 Å². The Morgan fingerprint density at radius 1 is 1.30 bits per heavy atom. The van der Waals surface area contributed by atoms with E-state index in [1.54, 1.807) is 49.6 Å². The molecule has 20 heavy (non-hydrogen) atoms. The normalized spacial score (nSPS) is 10.1. The van der Waals surface area contributed by atoms with Crippen LogP contribution in [0.3, 0.4) is 0 Å². The predicted octanol–water partition coefficient (Wildman–Crippen LogP) is 3.66. The molecule has 0 bridgehead atoms. The molecule has 2 N–H and O–H groups in total. The summed E-state index contributed by atoms with van der Waals surface area (Å²) in [7, 11) is 1.58. The molecule has 0 aliphatic carbocycles. The average molecular weight is 292 g/mol. The van der Waals surface area contributed by atoms with Gasteiger partial charge in [0.05, 0.1) is 12.7 Å². The number of halogens is 1. The zero-order valence-electron chi connectivity index (χ0n) is 10.9. The Bertz CT molecular complexity index is 628. The van der Waals surface area contributed by atoms with Crippen molar-refractivity contribution >= 4 is 23.3 Å². The molecular weight excluding hydrogens is 278 g/mol. The van der Waals surface area contributed by atoms with Crippen molar-refractivity contribution in [1.29, 1.82) is 0 Å². The van der Waals surface area contributed by atoms with Crippen molar-refractivity contribution in [2.24, 2.45) is 0 Å². The number of para-hydroxylation sites is 1. The van der Waals surface area contributed by atoms with E-state index in [-0.39, 0.29) is 5.56 Å². The lowest BCUT2D eigenvalue weighted by molar-refractivity contribution is 0.0698. The lowest BCUT2D eigenvalue weighted by Gasteiger charge is -2.12. The van der Waals surface area contributed by atoms with Crippen LogP contribution in [0, 0.1) is 0 Å². The van der Waals surface area contributed by atoms with Gasteiger partial charge in [-0.3, -0.25) is 0 Å². The first-order valence-corrected chi connectivity index (χ1v) is 6.38. The summed E-state index contributed by atoms with van der Waals surface area (Å²) in [5.74, 6) is -0.263. The third-order valence-electron chi connectivity index (χ3n) is 2.87. The van der Waals surface area contributed by atoms with Gasteiger partial charge in [-0.15, -0.1) is 0 Å². The molecule has 0 saturated heterocycles. The largest absolute Gasteiger partial charge is 0.496 e. The van der Waals surface area contributed by atoms with Crippen LogP contribution in [-0.4, -0.2) is 18.2 Å². The maximum absolute atomic E-state index is 11.1. The minimum Gasteiger partial charge on any atom is -0.496 e. The van der Waals surface area contributed by atoms with Crippen molar-refractivity contribution in [3.63, 3.8) is 0 Å². The summed E-state index contributed by atoms with van der Waals surface area (Å²) in [5.41, 5.74) is 1.65. The zero-order valence-corrected chi connectivity index (χ0v) is 11.6. The van der Waals surface area contributed by atoms with E-state index in [2.05, 4.69) is 5.32 Å². The fourth-order valence-electron chi connectivity index (χ4n) is 1.90. The van der Waals surface area contributed by atoms with Crippen molar-refractivity contribution < 1.29 is 14.6 Å². The lowest BCUT2D eigenvalue weighted by Crippen LogP contribution is -2.07. The summed E-state index contributed by atoms with van der Waals surface area (Å²) < 4.78 is 5.25. The SMILES string of the molecule is COc1ccc(Cl)cc1CNc1ccccc1C(=O)O. The van der Waals surface area contributed by atoms with Crippen molar-refractivity contribution in [1.82, 2.24) is 0 Å². The third kappa shape index (κ3) is 3.22. The first-order valence-electron chi connectivity index (χ1n) is 6.00. The number of methoxy groups -OCH3 is 1. The van der Waals surface area contributed by atoms with Gasteiger partial charge in [-0.1, -0.05) is 23.7 Å². The van der Waals surface area contributed by atoms with Crippen LogP contribution in [0.2, 0.25) is 5.02 Å². The second-order valence-electron chi connectivity index (χ2n) is 4.16. The molecule has 0 radical (unpaired) electrons. The summed E-state index contributed by atoms with van der Waals surface area (Å²) >= 11 is 5.96. The molecule has 5 heteroatoms. The highest BCUT2D eigenvalue weighted by molar-refractivity contribution is 6.30. The molecule has 2 aromatic carbocycles. The predicted molar refractivity (Wildman–Crippen MR) is 78.7 cm³/mol. The number of aromatic carboxylic acids is 1. The van der Waals surface area contributed by atoms with Crippen LogP contribution in [0.15, 0.2) is 42.5 Å². The van der Waals surface area contributed by atoms with Crippen molar-refractivity contribution in [3.05, 3.63) is 58.6 Å². The van der Waals surface area contributed by atoms with E-state index in [0.29, 0.717) is 23.0 Å². The Hall–Kier alpha value is -2.20. The highest BCUT2D eigenvalue weighted by Crippen LogP contribution is 2.24. The van der Waals surface area contributed by atoms with Crippen LogP contribution >= 0.6 is 11.6 Å². The molecule has 0 amide bonds. The zero-order chi connectivity index (χ0) is 14.5. The molecule has 0 atom stereocenters. The highest BCUT2D eigenvalue weighted by Gasteiger charge is 2.10. The van der Waals surface area contributed by atoms with E-state index in [9.17, 15) is 4.79 Å². The van der Waals surface area contributed by atoms with Gasteiger partial charge in [0, 0.05) is 22.8 Å². The number of hydrogen-bond acceptors (Lipinski definition) is 3. The standard InChI is InChI=1S/C15H14ClNO3/c1-20-14-7-6-11(16)8-10(14)9-17-13-5-3-2-4-12(13)15(18)19/h2-8,17H,9H2,1H3,(H,18,19). The minimum atomic E-state index is -0.967. The monoisotopic (exact) mass is 291 g/mol. The maximum Gasteiger partial charge on any atom is 0.337 e. The smallest absolute Gasteiger partial charge is 0.337 e. The highest BCUT2D eigenvalue weighted by atomic mass is 35.5. The molecule has 0 aromatic heterocycles. The Morgan fingerprint density at radius 2 is 2.05 bits per heavy atom. The summed E-state index contributed by atoms with van der Waals surface area (Å²) in [4.78, 5) is 11.1. The lowest BCUT2D eigenvalue weighted by atomic mass is 10.1. The van der Waals surface area contributed by atoms with E-state index in [0.717, 1.165) is 5.56 Å². The van der Waals surface area contributed by atoms with Crippen LogP contribution in [0.1, 0.15) is 15.9 Å². The third-order valence-corrected chi connectivity index (χ3v) is 3.10. The number of anilines is 1. The van der Waals surface area contributed by atoms with Crippen LogP contribution in [0.4, 0.5) is 5.69 Å². The number of carboxylic acids is 1. The first kappa shape index (κ1) is 14.2. The second-order valence-corrected chi connectivity index (χ2v) is 4.60. The maximum atomic E-state index is 11.1. The van der Waals surface area contributed by atoms with Crippen LogP contribution in [0.25, 0.3) is 0 Å². The number of carbonyl (C=O) groups is 1. The van der Waals surface area contributed by atoms with Gasteiger partial charge in [-0.05, 0) is 30.3 Å². The molecule has 0 aliphatic heterocycles. The van der Waals surface area contributed by atoms with E-state index in [1.165, 1.54) is 0 Å². The van der Waals surface area contributed by atoms with Crippen molar-refractivity contribution in [2.75, 3.05) is 12.4 Å². The fourth-order valence-corrected chi connectivity index (χ4v) is 2.09. The molecule has 2 aromatic rings. The Labute approximate surface area is 122 Å². The Kier molecular flexibility index (Phi) is 4.48. The summed E-state index contributed by atoms with van der Waals surface area (Å²) in [6, 6.07) is 12.1. The molecule has 2 rings (SSSR count). The molecule has 0 aliphatic rings. The molecule has 0 heterocycles. The van der Waals surface area contributed by atoms with Gasteiger partial charge >= 0.3 is 5.97 Å². The molecule has 0 saturated carbocycles. The van der Waals surface area contributed by atoms with E-state index >= 15 is 0 Å². The minimum absolute atomic E-state index is 0.230. The van der Waals surface area contributed by atoms with E-state index < -0.39 is 5.97 Å². The van der Waals surface area contributed by atoms with Crippen LogP contribution in [-0.2, 0) is 6.54 Å². The van der Waals surface area contributed by atoms with Gasteiger partial charge in [-0.25, -0.2) is 4.79 Å². The van der Waals surface area contributed by atoms with Gasteiger partial charge in [0.25, 0.3) is 0 Å². The van der Waals surface area contributed by atoms with Crippen LogP contribution in [0.5, 0.6) is 5.75 Å². The Balaban J connectivity index is 2.21. The number of benzene rings is 2. The molecule has 104 valence electrons. The molecule has 4 nitrogen and oxygen atoms in total. The van der Waals surface area contributed by atoms with Gasteiger partial charge in [0.15, 0.2) is 0 Å². The first-order chi connectivity index (χ1) is 9.61. The summed E-state index contributed by atoms with van der Waals surface area (Å²) in [5, 5.41) is 12.8. The quantitative estimate of drug-likeness (QED) is 0.882. The number of carboxylic acid groups (broad SMARTS) is 1. The molecule has 0 spiro atoms. The molecular formula is C15H14ClNO3. The van der Waals surface area contributed by atoms with E-state index in [4.69, 9.17) is 21.4 Å². The molecule has 0 fully saturated rings. The number of rotatable bonds is 5. The summed E-state index contributed by atoms with van der Waals surface area (Å²) in [6.45, 7) is 0.425. The number of hydrogen-bond donors (Lipinski definition) is 2. The van der Waals surface area contributed by atoms with Crippen molar-refractivity contribution in [3.8, 4) is 5.75 Å². The van der Waals surface area contributed by atoms with Gasteiger partial charge in [0.1, 0.15) is 5.75 Å². The summed E-state index contributed by atoms with van der Waals surface area (Å²) in [6.07, 6.45) is 0. The number of nitrogens with one attached hydrogen (secondary N) is 1. The molecule has 0 unspecified atom stereocenters. The topological polar surface area (TPSA) is 58.6 Å². The van der Waals surface area contributed by atoms with Gasteiger partial charge in [0.2, 0.25) is 0 Å². The number of ether oxygens (including phenoxy) is 1. The van der Waals surface area contributed by atoms with Crippen LogP contribution < -0.4 is 10.1 Å². The van der Waals surface area contributed by atoms with E-state index in [1.807, 2.05) is 0 Å². The second kappa shape index (κ2) is 6.30. The average Bonchev–Trinajstić information content (AvgIpc) is 2.45. The van der Waals surface area contributed by atoms with Crippen molar-refractivity contribution in [2.45, 2.75) is 6.54 Å². The fraction of sp³-hybridized carbons (Fsp3) is 0.133. The Morgan fingerprint density at radius 3 is 2.75 bits per heavy atom. The van der Waals surface area contributed by atoms with Gasteiger partial charge < -0.3 is 15.2 Å².